The van der Waals surface area contributed by atoms with Gasteiger partial charge in [0.05, 0.1) is 0 Å². The third-order valence-electron chi connectivity index (χ3n) is 6.35. The van der Waals surface area contributed by atoms with Gasteiger partial charge in [-0.2, -0.15) is 0 Å². The zero-order valence-corrected chi connectivity index (χ0v) is 21.2. The summed E-state index contributed by atoms with van der Waals surface area (Å²) in [5, 5.41) is 10.1. The molecule has 3 aromatic rings. The van der Waals surface area contributed by atoms with Crippen LogP contribution >= 0.6 is 20.8 Å². The van der Waals surface area contributed by atoms with Crippen molar-refractivity contribution in [2.24, 2.45) is 0 Å². The predicted octanol–water partition coefficient (Wildman–Crippen LogP) is 7.03. The molecule has 0 spiro atoms. The maximum atomic E-state index is 10.6. The SMILES string of the molecule is O=C(O)CCCCCCCCCP(Br)(c1ccccc1)(c1ccccc1)c1ccccc1. The standard InChI is InChI=1S/C28H34BrO2P/c29-32(25-17-9-6-10-18-25,26-19-11-7-12-20-26,27-21-13-8-14-22-27)24-16-5-3-1-2-4-15-23-28(30)31/h6-14,17-22H,1-5,15-16,23-24H2,(H,30,31). The van der Waals surface area contributed by atoms with Gasteiger partial charge in [0.1, 0.15) is 0 Å². The predicted molar refractivity (Wildman–Crippen MR) is 144 cm³/mol. The molecule has 0 aliphatic heterocycles. The Morgan fingerprint density at radius 2 is 0.938 bits per heavy atom. The second-order valence-corrected chi connectivity index (χ2v) is 17.6. The van der Waals surface area contributed by atoms with Gasteiger partial charge in [-0.3, -0.25) is 0 Å². The summed E-state index contributed by atoms with van der Waals surface area (Å²) in [4.78, 5) is 10.6. The first kappa shape index (κ1) is 24.7. The van der Waals surface area contributed by atoms with E-state index < -0.39 is 11.3 Å². The first-order valence-corrected chi connectivity index (χ1v) is 16.1. The number of unbranched alkanes of at least 4 members (excludes halogenated alkanes) is 6. The summed E-state index contributed by atoms with van der Waals surface area (Å²) in [5.41, 5.74) is 0. The molecule has 0 atom stereocenters. The van der Waals surface area contributed by atoms with E-state index in [2.05, 4.69) is 106 Å². The van der Waals surface area contributed by atoms with E-state index >= 15 is 0 Å². The number of benzene rings is 3. The van der Waals surface area contributed by atoms with Crippen molar-refractivity contribution in [1.29, 1.82) is 0 Å². The molecule has 4 heteroatoms. The molecule has 0 amide bonds. The maximum absolute atomic E-state index is 10.6. The zero-order chi connectivity index (χ0) is 22.7. The van der Waals surface area contributed by atoms with E-state index in [1.165, 1.54) is 35.2 Å². The van der Waals surface area contributed by atoms with Gasteiger partial charge in [0.25, 0.3) is 0 Å². The monoisotopic (exact) mass is 512 g/mol. The number of hydrogen-bond donors (Lipinski definition) is 1. The average molecular weight is 513 g/mol. The van der Waals surface area contributed by atoms with Crippen LogP contribution in [-0.2, 0) is 4.79 Å². The summed E-state index contributed by atoms with van der Waals surface area (Å²) in [7, 11) is 0. The zero-order valence-electron chi connectivity index (χ0n) is 18.7. The van der Waals surface area contributed by atoms with Crippen molar-refractivity contribution < 1.29 is 9.90 Å². The molecular weight excluding hydrogens is 479 g/mol. The number of halogens is 1. The molecule has 32 heavy (non-hydrogen) atoms. The van der Waals surface area contributed by atoms with E-state index in [-0.39, 0.29) is 0 Å². The normalized spacial score (nSPS) is 12.7. The first-order valence-electron chi connectivity index (χ1n) is 11.7. The Hall–Kier alpha value is -1.96. The molecular formula is C28H34BrO2P. The summed E-state index contributed by atoms with van der Waals surface area (Å²) in [5.74, 6) is -0.684. The van der Waals surface area contributed by atoms with Crippen LogP contribution in [0.2, 0.25) is 0 Å². The van der Waals surface area contributed by atoms with Gasteiger partial charge in [-0.15, -0.1) is 0 Å². The number of carboxylic acid groups (broad SMARTS) is 1. The van der Waals surface area contributed by atoms with Gasteiger partial charge in [-0.25, -0.2) is 0 Å². The quantitative estimate of drug-likeness (QED) is 0.197. The van der Waals surface area contributed by atoms with Crippen LogP contribution < -0.4 is 15.9 Å². The van der Waals surface area contributed by atoms with Gasteiger partial charge in [-0.05, 0) is 0 Å². The van der Waals surface area contributed by atoms with E-state index in [9.17, 15) is 4.79 Å². The van der Waals surface area contributed by atoms with E-state index in [0.29, 0.717) is 6.42 Å². The van der Waals surface area contributed by atoms with Gasteiger partial charge < -0.3 is 0 Å². The number of rotatable bonds is 13. The molecule has 1 N–H and O–H groups in total. The van der Waals surface area contributed by atoms with Crippen LogP contribution in [-0.4, -0.2) is 17.2 Å². The van der Waals surface area contributed by atoms with Crippen LogP contribution in [0.15, 0.2) is 91.0 Å². The van der Waals surface area contributed by atoms with Gasteiger partial charge in [0, 0.05) is 0 Å². The van der Waals surface area contributed by atoms with Gasteiger partial charge in [0.2, 0.25) is 0 Å². The average Bonchev–Trinajstić information content (AvgIpc) is 2.84. The van der Waals surface area contributed by atoms with Gasteiger partial charge in [0.15, 0.2) is 0 Å². The van der Waals surface area contributed by atoms with Crippen molar-refractivity contribution in [2.75, 3.05) is 6.16 Å². The third kappa shape index (κ3) is 5.69. The van der Waals surface area contributed by atoms with Gasteiger partial charge >= 0.3 is 201 Å². The number of carbonyl (C=O) groups is 1. The molecule has 0 unspecified atom stereocenters. The summed E-state index contributed by atoms with van der Waals surface area (Å²) in [6, 6.07) is 32.9. The molecule has 0 bridgehead atoms. The van der Waals surface area contributed by atoms with Crippen LogP contribution in [0.25, 0.3) is 0 Å². The molecule has 0 saturated carbocycles. The molecule has 0 aromatic heterocycles. The Morgan fingerprint density at radius 3 is 1.31 bits per heavy atom. The fourth-order valence-corrected chi connectivity index (χ4v) is 12.4. The molecule has 0 radical (unpaired) electrons. The topological polar surface area (TPSA) is 37.3 Å². The van der Waals surface area contributed by atoms with Crippen LogP contribution in [0.4, 0.5) is 0 Å². The molecule has 170 valence electrons. The summed E-state index contributed by atoms with van der Waals surface area (Å²) >= 11 is 4.51. The first-order chi connectivity index (χ1) is 15.6. The van der Waals surface area contributed by atoms with Crippen molar-refractivity contribution in [3.63, 3.8) is 0 Å². The van der Waals surface area contributed by atoms with Gasteiger partial charge in [-0.1, -0.05) is 0 Å². The van der Waals surface area contributed by atoms with Crippen LogP contribution in [0.3, 0.4) is 0 Å². The van der Waals surface area contributed by atoms with E-state index in [1.54, 1.807) is 0 Å². The summed E-state index contributed by atoms with van der Waals surface area (Å²) in [6.45, 7) is 0. The molecule has 0 aliphatic carbocycles. The van der Waals surface area contributed by atoms with Crippen LogP contribution in [0, 0.1) is 0 Å². The van der Waals surface area contributed by atoms with E-state index in [0.717, 1.165) is 31.8 Å². The Kier molecular flexibility index (Phi) is 9.08. The Morgan fingerprint density at radius 1 is 0.594 bits per heavy atom. The van der Waals surface area contributed by atoms with Crippen LogP contribution in [0.1, 0.15) is 51.4 Å². The molecule has 3 aromatic carbocycles. The molecule has 0 saturated heterocycles. The molecule has 3 rings (SSSR count). The Bertz CT molecular complexity index is 861. The van der Waals surface area contributed by atoms with E-state index in [4.69, 9.17) is 5.11 Å². The summed E-state index contributed by atoms with van der Waals surface area (Å²) < 4.78 is 0. The number of aliphatic carboxylic acids is 1. The number of carboxylic acids is 1. The minimum atomic E-state index is -2.78. The fourth-order valence-electron chi connectivity index (χ4n) is 4.62. The van der Waals surface area contributed by atoms with Crippen LogP contribution in [0.5, 0.6) is 0 Å². The molecule has 0 fully saturated rings. The Labute approximate surface area is 200 Å². The second-order valence-electron chi connectivity index (χ2n) is 8.53. The van der Waals surface area contributed by atoms with E-state index in [1.807, 2.05) is 0 Å². The van der Waals surface area contributed by atoms with Crippen molar-refractivity contribution in [3.8, 4) is 0 Å². The third-order valence-corrected chi connectivity index (χ3v) is 16.4. The fraction of sp³-hybridized carbons (Fsp3) is 0.321. The molecule has 0 heterocycles. The minimum absolute atomic E-state index is 0.295. The Balaban J connectivity index is 1.80. The van der Waals surface area contributed by atoms with Crippen molar-refractivity contribution in [3.05, 3.63) is 91.0 Å². The van der Waals surface area contributed by atoms with Crippen molar-refractivity contribution in [2.45, 2.75) is 51.4 Å². The second kappa shape index (κ2) is 11.8. The summed E-state index contributed by atoms with van der Waals surface area (Å²) in [6.07, 6.45) is 9.04. The molecule has 0 aliphatic rings. The molecule has 2 nitrogen and oxygen atoms in total. The number of hydrogen-bond acceptors (Lipinski definition) is 1. The van der Waals surface area contributed by atoms with Crippen molar-refractivity contribution >= 4 is 42.7 Å². The van der Waals surface area contributed by atoms with Crippen molar-refractivity contribution in [1.82, 2.24) is 0 Å².